The van der Waals surface area contributed by atoms with Gasteiger partial charge in [0.15, 0.2) is 0 Å². The third-order valence-electron chi connectivity index (χ3n) is 6.45. The predicted octanol–water partition coefficient (Wildman–Crippen LogP) is 3.29. The van der Waals surface area contributed by atoms with Crippen LogP contribution >= 0.6 is 0 Å². The average molecular weight is 442 g/mol. The maximum Gasteiger partial charge on any atom is 0.245 e. The largest absolute Gasteiger partial charge is 0.358 e. The third-order valence-corrected chi connectivity index (χ3v) is 8.38. The monoisotopic (exact) mass is 441 g/mol. The number of aromatic amines is 1. The van der Waals surface area contributed by atoms with Gasteiger partial charge in [0.05, 0.1) is 0 Å². The first-order chi connectivity index (χ1) is 14.9. The molecule has 0 atom stereocenters. The number of benzene rings is 2. The van der Waals surface area contributed by atoms with E-state index in [1.807, 2.05) is 23.1 Å². The minimum Gasteiger partial charge on any atom is -0.358 e. The van der Waals surface area contributed by atoms with Crippen LogP contribution in [-0.4, -0.2) is 48.1 Å². The Morgan fingerprint density at radius 2 is 1.71 bits per heavy atom. The van der Waals surface area contributed by atoms with Crippen LogP contribution in [0.4, 0.5) is 4.39 Å². The van der Waals surface area contributed by atoms with E-state index in [1.165, 1.54) is 33.8 Å². The molecule has 0 unspecified atom stereocenters. The van der Waals surface area contributed by atoms with Gasteiger partial charge in [0.1, 0.15) is 10.7 Å². The average Bonchev–Trinajstić information content (AvgIpc) is 3.17. The van der Waals surface area contributed by atoms with Gasteiger partial charge in [0, 0.05) is 60.7 Å². The van der Waals surface area contributed by atoms with Crippen molar-refractivity contribution < 1.29 is 17.6 Å². The van der Waals surface area contributed by atoms with Crippen LogP contribution in [0.5, 0.6) is 0 Å². The van der Waals surface area contributed by atoms with Gasteiger partial charge in [-0.3, -0.25) is 4.79 Å². The zero-order valence-corrected chi connectivity index (χ0v) is 17.9. The van der Waals surface area contributed by atoms with Crippen molar-refractivity contribution in [3.05, 3.63) is 65.6 Å². The smallest absolute Gasteiger partial charge is 0.245 e. The first-order valence-electron chi connectivity index (χ1n) is 10.6. The van der Waals surface area contributed by atoms with Gasteiger partial charge in [0.2, 0.25) is 15.9 Å². The molecule has 162 valence electrons. The van der Waals surface area contributed by atoms with Gasteiger partial charge in [0.25, 0.3) is 0 Å². The number of para-hydroxylation sites is 1. The number of fused-ring (bicyclic) bond motifs is 3. The van der Waals surface area contributed by atoms with Crippen molar-refractivity contribution in [2.75, 3.05) is 19.6 Å². The van der Waals surface area contributed by atoms with Gasteiger partial charge in [-0.15, -0.1) is 0 Å². The molecule has 3 aromatic rings. The fraction of sp³-hybridized carbons (Fsp3) is 0.348. The summed E-state index contributed by atoms with van der Waals surface area (Å²) >= 11 is 0. The van der Waals surface area contributed by atoms with E-state index >= 15 is 0 Å². The van der Waals surface area contributed by atoms with E-state index in [0.29, 0.717) is 25.9 Å². The van der Waals surface area contributed by atoms with Crippen LogP contribution in [0.3, 0.4) is 0 Å². The molecule has 1 saturated heterocycles. The van der Waals surface area contributed by atoms with Gasteiger partial charge in [-0.25, -0.2) is 12.8 Å². The number of carbonyl (C=O) groups is 1. The van der Waals surface area contributed by atoms with E-state index in [4.69, 9.17) is 0 Å². The van der Waals surface area contributed by atoms with Crippen LogP contribution in [0, 0.1) is 11.7 Å². The van der Waals surface area contributed by atoms with E-state index in [0.717, 1.165) is 23.4 Å². The van der Waals surface area contributed by atoms with Crippen LogP contribution in [0.25, 0.3) is 10.9 Å². The Labute approximate surface area is 180 Å². The highest BCUT2D eigenvalue weighted by Gasteiger charge is 2.35. The molecule has 0 aliphatic carbocycles. The first-order valence-corrected chi connectivity index (χ1v) is 12.0. The molecule has 0 radical (unpaired) electrons. The number of nitrogens with zero attached hydrogens (tertiary/aromatic N) is 2. The number of piperidine rings is 1. The Morgan fingerprint density at radius 1 is 1.00 bits per heavy atom. The molecule has 6 nitrogen and oxygen atoms in total. The second kappa shape index (κ2) is 7.76. The topological polar surface area (TPSA) is 73.5 Å². The number of sulfonamides is 1. The van der Waals surface area contributed by atoms with Crippen molar-refractivity contribution in [1.82, 2.24) is 14.2 Å². The lowest BCUT2D eigenvalue weighted by atomic mass is 9.95. The van der Waals surface area contributed by atoms with E-state index in [-0.39, 0.29) is 29.8 Å². The SMILES string of the molecule is O=C(C1CCN(S(=O)(=O)c2ccccc2F)CC1)N1CCc2[nH]c3ccccc3c2C1. The highest BCUT2D eigenvalue weighted by atomic mass is 32.2. The molecule has 1 N–H and O–H groups in total. The summed E-state index contributed by atoms with van der Waals surface area (Å²) in [6.07, 6.45) is 1.68. The molecule has 3 heterocycles. The quantitative estimate of drug-likeness (QED) is 0.678. The number of nitrogens with one attached hydrogen (secondary N) is 1. The normalized spacial score (nSPS) is 18.3. The summed E-state index contributed by atoms with van der Waals surface area (Å²) in [5, 5.41) is 1.15. The van der Waals surface area contributed by atoms with E-state index in [9.17, 15) is 17.6 Å². The van der Waals surface area contributed by atoms with Crippen molar-refractivity contribution >= 4 is 26.8 Å². The molecule has 0 spiro atoms. The summed E-state index contributed by atoms with van der Waals surface area (Å²) in [4.78, 5) is 18.2. The Kier molecular flexibility index (Phi) is 5.06. The summed E-state index contributed by atoms with van der Waals surface area (Å²) in [7, 11) is -3.89. The number of H-pyrrole nitrogens is 1. The minimum absolute atomic E-state index is 0.0823. The van der Waals surface area contributed by atoms with Gasteiger partial charge in [-0.1, -0.05) is 30.3 Å². The maximum atomic E-state index is 14.0. The lowest BCUT2D eigenvalue weighted by molar-refractivity contribution is -0.137. The number of hydrogen-bond donors (Lipinski definition) is 1. The van der Waals surface area contributed by atoms with Crippen LogP contribution in [0.1, 0.15) is 24.1 Å². The Morgan fingerprint density at radius 3 is 2.48 bits per heavy atom. The molecule has 0 bridgehead atoms. The lowest BCUT2D eigenvalue weighted by Gasteiger charge is -2.35. The maximum absolute atomic E-state index is 14.0. The van der Waals surface area contributed by atoms with Crippen molar-refractivity contribution in [1.29, 1.82) is 0 Å². The minimum atomic E-state index is -3.89. The molecule has 31 heavy (non-hydrogen) atoms. The number of halogens is 1. The standard InChI is InChI=1S/C23H24FN3O3S/c24-19-6-2-4-8-22(19)31(29,30)27-13-9-16(10-14-27)23(28)26-12-11-21-18(15-26)17-5-1-3-7-20(17)25-21/h1-8,16,25H,9-15H2. The van der Waals surface area contributed by atoms with E-state index in [1.54, 1.807) is 0 Å². The van der Waals surface area contributed by atoms with Crippen molar-refractivity contribution in [2.45, 2.75) is 30.7 Å². The second-order valence-electron chi connectivity index (χ2n) is 8.25. The third kappa shape index (κ3) is 3.53. The molecule has 2 aliphatic rings. The molecule has 2 aromatic carbocycles. The van der Waals surface area contributed by atoms with Crippen molar-refractivity contribution in [3.8, 4) is 0 Å². The number of carbonyl (C=O) groups excluding carboxylic acids is 1. The van der Waals surface area contributed by atoms with Crippen molar-refractivity contribution in [3.63, 3.8) is 0 Å². The van der Waals surface area contributed by atoms with Crippen LogP contribution in [-0.2, 0) is 27.8 Å². The van der Waals surface area contributed by atoms with E-state index in [2.05, 4.69) is 11.1 Å². The number of amides is 1. The fourth-order valence-electron chi connectivity index (χ4n) is 4.75. The summed E-state index contributed by atoms with van der Waals surface area (Å²) in [5.41, 5.74) is 3.46. The van der Waals surface area contributed by atoms with Crippen molar-refractivity contribution in [2.24, 2.45) is 5.92 Å². The molecule has 2 aliphatic heterocycles. The summed E-state index contributed by atoms with van der Waals surface area (Å²) in [6.45, 7) is 1.68. The molecule has 8 heteroatoms. The molecule has 1 fully saturated rings. The van der Waals surface area contributed by atoms with Crippen LogP contribution in [0.2, 0.25) is 0 Å². The highest BCUT2D eigenvalue weighted by Crippen LogP contribution is 2.31. The highest BCUT2D eigenvalue weighted by molar-refractivity contribution is 7.89. The van der Waals surface area contributed by atoms with Gasteiger partial charge < -0.3 is 9.88 Å². The van der Waals surface area contributed by atoms with E-state index < -0.39 is 15.8 Å². The zero-order valence-electron chi connectivity index (χ0n) is 17.1. The predicted molar refractivity (Wildman–Crippen MR) is 115 cm³/mol. The molecule has 5 rings (SSSR count). The lowest BCUT2D eigenvalue weighted by Crippen LogP contribution is -2.45. The van der Waals surface area contributed by atoms with Gasteiger partial charge in [-0.2, -0.15) is 4.31 Å². The molecular weight excluding hydrogens is 417 g/mol. The summed E-state index contributed by atoms with van der Waals surface area (Å²) in [6, 6.07) is 13.5. The zero-order chi connectivity index (χ0) is 21.6. The number of aromatic nitrogens is 1. The molecule has 1 aromatic heterocycles. The fourth-order valence-corrected chi connectivity index (χ4v) is 6.28. The summed E-state index contributed by atoms with van der Waals surface area (Å²) < 4.78 is 40.9. The van der Waals surface area contributed by atoms with Gasteiger partial charge in [-0.05, 0) is 31.0 Å². The number of rotatable bonds is 3. The Balaban J connectivity index is 1.27. The first kappa shape index (κ1) is 20.2. The molecule has 0 saturated carbocycles. The second-order valence-corrected chi connectivity index (χ2v) is 10.2. The van der Waals surface area contributed by atoms with Crippen LogP contribution in [0.15, 0.2) is 53.4 Å². The Hall–Kier alpha value is -2.71. The summed E-state index contributed by atoms with van der Waals surface area (Å²) in [5.74, 6) is -0.874. The van der Waals surface area contributed by atoms with Gasteiger partial charge >= 0.3 is 0 Å². The molecular formula is C23H24FN3O3S. The number of hydrogen-bond acceptors (Lipinski definition) is 3. The molecule has 1 amide bonds. The Bertz CT molecular complexity index is 1250. The van der Waals surface area contributed by atoms with Crippen LogP contribution < -0.4 is 0 Å².